The first-order valence-corrected chi connectivity index (χ1v) is 9.42. The first-order chi connectivity index (χ1) is 14.0. The number of thiazole rings is 1. The lowest BCUT2D eigenvalue weighted by molar-refractivity contribution is -0.385. The maximum Gasteiger partial charge on any atom is 0.311 e. The number of carbonyl (C=O) groups excluding carboxylic acids is 1. The highest BCUT2D eigenvalue weighted by atomic mass is 32.1. The Labute approximate surface area is 169 Å². The lowest BCUT2D eigenvalue weighted by Crippen LogP contribution is -2.15. The lowest BCUT2D eigenvalue weighted by atomic mass is 10.1. The van der Waals surface area contributed by atoms with Crippen LogP contribution in [0.3, 0.4) is 0 Å². The summed E-state index contributed by atoms with van der Waals surface area (Å²) >= 11 is 1.25. The van der Waals surface area contributed by atoms with Gasteiger partial charge in [-0.25, -0.2) is 4.98 Å². The topological polar surface area (TPSA) is 113 Å². The van der Waals surface area contributed by atoms with Crippen LogP contribution in [0.4, 0.5) is 10.8 Å². The number of nitro benzene ring substituents is 1. The molecule has 3 aromatic rings. The zero-order valence-corrected chi connectivity index (χ0v) is 16.0. The van der Waals surface area contributed by atoms with Crippen LogP contribution >= 0.6 is 11.3 Å². The third-order valence-corrected chi connectivity index (χ3v) is 4.96. The monoisotopic (exact) mass is 413 g/mol. The van der Waals surface area contributed by atoms with Gasteiger partial charge in [0, 0.05) is 22.6 Å². The molecule has 0 bridgehead atoms. The van der Waals surface area contributed by atoms with Crippen LogP contribution in [0.25, 0.3) is 11.3 Å². The Balaban J connectivity index is 1.53. The Morgan fingerprint density at radius 2 is 2.00 bits per heavy atom. The average Bonchev–Trinajstić information content (AvgIpc) is 3.21. The first-order valence-electron chi connectivity index (χ1n) is 8.54. The van der Waals surface area contributed by atoms with Gasteiger partial charge in [-0.3, -0.25) is 20.2 Å². The summed E-state index contributed by atoms with van der Waals surface area (Å²) in [5.41, 5.74) is 1.35. The number of benzene rings is 2. The van der Waals surface area contributed by atoms with E-state index in [0.717, 1.165) is 5.56 Å². The molecule has 0 radical (unpaired) electrons. The van der Waals surface area contributed by atoms with Crippen molar-refractivity contribution in [1.29, 1.82) is 0 Å². The standard InChI is InChI=1S/C19H15N3O6S/c1-26-15-4-3-12(8-14(15)22(24)25)18(23)21-19-20-13(10-29-19)11-2-5-16-17(9-11)28-7-6-27-16/h2-5,8-10H,6-7H2,1H3,(H,20,21,23). The van der Waals surface area contributed by atoms with Gasteiger partial charge in [-0.05, 0) is 30.3 Å². The first kappa shape index (κ1) is 18.7. The van der Waals surface area contributed by atoms with Gasteiger partial charge in [-0.15, -0.1) is 11.3 Å². The number of methoxy groups -OCH3 is 1. The summed E-state index contributed by atoms with van der Waals surface area (Å²) in [7, 11) is 1.33. The molecule has 1 N–H and O–H groups in total. The van der Waals surface area contributed by atoms with Crippen molar-refractivity contribution in [3.05, 3.63) is 57.5 Å². The van der Waals surface area contributed by atoms with Crippen molar-refractivity contribution < 1.29 is 23.9 Å². The number of nitrogens with one attached hydrogen (secondary N) is 1. The summed E-state index contributed by atoms with van der Waals surface area (Å²) in [6.07, 6.45) is 0. The molecule has 4 rings (SSSR count). The molecule has 0 aliphatic carbocycles. The van der Waals surface area contributed by atoms with Gasteiger partial charge >= 0.3 is 5.69 Å². The summed E-state index contributed by atoms with van der Waals surface area (Å²) in [4.78, 5) is 27.4. The highest BCUT2D eigenvalue weighted by Gasteiger charge is 2.19. The number of hydrogen-bond donors (Lipinski definition) is 1. The van der Waals surface area contributed by atoms with E-state index in [1.54, 1.807) is 5.38 Å². The van der Waals surface area contributed by atoms with Crippen LogP contribution in [0.15, 0.2) is 41.8 Å². The molecule has 9 nitrogen and oxygen atoms in total. The van der Waals surface area contributed by atoms with E-state index in [-0.39, 0.29) is 17.0 Å². The molecule has 148 valence electrons. The van der Waals surface area contributed by atoms with E-state index >= 15 is 0 Å². The summed E-state index contributed by atoms with van der Waals surface area (Å²) in [6, 6.07) is 9.52. The van der Waals surface area contributed by atoms with Crippen LogP contribution < -0.4 is 19.5 Å². The van der Waals surface area contributed by atoms with Crippen molar-refractivity contribution in [1.82, 2.24) is 4.98 Å². The number of rotatable bonds is 5. The molecule has 0 fully saturated rings. The van der Waals surface area contributed by atoms with Crippen molar-refractivity contribution in [2.24, 2.45) is 0 Å². The van der Waals surface area contributed by atoms with Crippen molar-refractivity contribution >= 4 is 28.1 Å². The molecule has 1 aliphatic heterocycles. The molecule has 2 aromatic carbocycles. The number of nitrogens with zero attached hydrogens (tertiary/aromatic N) is 2. The predicted octanol–water partition coefficient (Wildman–Crippen LogP) is 3.75. The second kappa shape index (κ2) is 7.76. The van der Waals surface area contributed by atoms with E-state index in [4.69, 9.17) is 14.2 Å². The van der Waals surface area contributed by atoms with Crippen LogP contribution in [0.1, 0.15) is 10.4 Å². The van der Waals surface area contributed by atoms with E-state index in [0.29, 0.717) is 35.5 Å². The van der Waals surface area contributed by atoms with Gasteiger partial charge in [0.1, 0.15) is 13.2 Å². The summed E-state index contributed by atoms with van der Waals surface area (Å²) in [5.74, 6) is 0.920. The second-order valence-corrected chi connectivity index (χ2v) is 6.85. The zero-order chi connectivity index (χ0) is 20.4. The van der Waals surface area contributed by atoms with Crippen LogP contribution in [-0.4, -0.2) is 36.1 Å². The number of hydrogen-bond acceptors (Lipinski definition) is 8. The Morgan fingerprint density at radius 3 is 2.76 bits per heavy atom. The number of fused-ring (bicyclic) bond motifs is 1. The minimum Gasteiger partial charge on any atom is -0.490 e. The van der Waals surface area contributed by atoms with Gasteiger partial charge in [-0.1, -0.05) is 0 Å². The molecule has 10 heteroatoms. The van der Waals surface area contributed by atoms with Gasteiger partial charge in [0.15, 0.2) is 22.4 Å². The van der Waals surface area contributed by atoms with Crippen molar-refractivity contribution in [3.8, 4) is 28.5 Å². The summed E-state index contributed by atoms with van der Waals surface area (Å²) in [6.45, 7) is 1.01. The van der Waals surface area contributed by atoms with E-state index in [9.17, 15) is 14.9 Å². The summed E-state index contributed by atoms with van der Waals surface area (Å²) in [5, 5.41) is 16.0. The van der Waals surface area contributed by atoms with Crippen LogP contribution in [0.5, 0.6) is 17.2 Å². The molecule has 29 heavy (non-hydrogen) atoms. The quantitative estimate of drug-likeness (QED) is 0.501. The number of ether oxygens (including phenoxy) is 3. The fourth-order valence-electron chi connectivity index (χ4n) is 2.81. The van der Waals surface area contributed by atoms with Gasteiger partial charge in [0.05, 0.1) is 17.7 Å². The van der Waals surface area contributed by atoms with Gasteiger partial charge in [0.2, 0.25) is 0 Å². The number of anilines is 1. The maximum absolute atomic E-state index is 12.5. The van der Waals surface area contributed by atoms with Crippen molar-refractivity contribution in [2.75, 3.05) is 25.6 Å². The molecular formula is C19H15N3O6S. The van der Waals surface area contributed by atoms with Gasteiger partial charge in [0.25, 0.3) is 5.91 Å². The van der Waals surface area contributed by atoms with E-state index in [1.165, 1.54) is 36.6 Å². The Hall–Kier alpha value is -3.66. The molecule has 0 saturated carbocycles. The van der Waals surface area contributed by atoms with E-state index in [1.807, 2.05) is 18.2 Å². The minimum absolute atomic E-state index is 0.0849. The van der Waals surface area contributed by atoms with Crippen LogP contribution in [-0.2, 0) is 0 Å². The molecule has 0 atom stereocenters. The normalized spacial score (nSPS) is 12.3. The minimum atomic E-state index is -0.598. The van der Waals surface area contributed by atoms with E-state index in [2.05, 4.69) is 10.3 Å². The zero-order valence-electron chi connectivity index (χ0n) is 15.2. The van der Waals surface area contributed by atoms with Gasteiger partial charge in [-0.2, -0.15) is 0 Å². The third kappa shape index (κ3) is 3.83. The molecule has 1 aliphatic rings. The highest BCUT2D eigenvalue weighted by Crippen LogP contribution is 2.35. The maximum atomic E-state index is 12.5. The average molecular weight is 413 g/mol. The number of aromatic nitrogens is 1. The lowest BCUT2D eigenvalue weighted by Gasteiger charge is -2.18. The summed E-state index contributed by atoms with van der Waals surface area (Å²) < 4.78 is 16.0. The van der Waals surface area contributed by atoms with Gasteiger partial charge < -0.3 is 14.2 Å². The third-order valence-electron chi connectivity index (χ3n) is 4.20. The van der Waals surface area contributed by atoms with Crippen molar-refractivity contribution in [2.45, 2.75) is 0 Å². The Bertz CT molecular complexity index is 1100. The van der Waals surface area contributed by atoms with Crippen molar-refractivity contribution in [3.63, 3.8) is 0 Å². The predicted molar refractivity (Wildman–Crippen MR) is 106 cm³/mol. The fourth-order valence-corrected chi connectivity index (χ4v) is 3.52. The number of carbonyl (C=O) groups is 1. The second-order valence-electron chi connectivity index (χ2n) is 5.99. The largest absolute Gasteiger partial charge is 0.490 e. The molecule has 0 spiro atoms. The van der Waals surface area contributed by atoms with Crippen LogP contribution in [0, 0.1) is 10.1 Å². The molecule has 1 aromatic heterocycles. The molecule has 0 unspecified atom stereocenters. The molecule has 2 heterocycles. The van der Waals surface area contributed by atoms with E-state index < -0.39 is 10.8 Å². The Kier molecular flexibility index (Phi) is 5.00. The van der Waals surface area contributed by atoms with Crippen LogP contribution in [0.2, 0.25) is 0 Å². The highest BCUT2D eigenvalue weighted by molar-refractivity contribution is 7.14. The molecular weight excluding hydrogens is 398 g/mol. The number of nitro groups is 1. The fraction of sp³-hybridized carbons (Fsp3) is 0.158. The smallest absolute Gasteiger partial charge is 0.311 e. The Morgan fingerprint density at radius 1 is 1.21 bits per heavy atom. The number of amides is 1. The molecule has 1 amide bonds. The SMILES string of the molecule is COc1ccc(C(=O)Nc2nc(-c3ccc4c(c3)OCCO4)cs2)cc1[N+](=O)[O-]. The molecule has 0 saturated heterocycles.